The number of thiocarbonyl (C=S) groups is 1. The minimum Gasteiger partial charge on any atom is -0.388 e. The minimum atomic E-state index is 0.286. The van der Waals surface area contributed by atoms with Crippen molar-refractivity contribution in [3.63, 3.8) is 0 Å². The van der Waals surface area contributed by atoms with Crippen molar-refractivity contribution < 1.29 is 4.74 Å². The zero-order valence-corrected chi connectivity index (χ0v) is 12.2. The molecule has 1 unspecified atom stereocenters. The number of rotatable bonds is 7. The summed E-state index contributed by atoms with van der Waals surface area (Å²) in [7, 11) is 1.70. The van der Waals surface area contributed by atoms with Crippen LogP contribution in [0.4, 0.5) is 5.82 Å². The van der Waals surface area contributed by atoms with Crippen LogP contribution in [-0.2, 0) is 4.74 Å². The summed E-state index contributed by atoms with van der Waals surface area (Å²) in [5.74, 6) is 1.49. The third-order valence-electron chi connectivity index (χ3n) is 3.52. The van der Waals surface area contributed by atoms with Gasteiger partial charge in [-0.1, -0.05) is 12.2 Å². The Morgan fingerprint density at radius 3 is 2.79 bits per heavy atom. The van der Waals surface area contributed by atoms with Crippen molar-refractivity contribution >= 4 is 23.0 Å². The van der Waals surface area contributed by atoms with Gasteiger partial charge < -0.3 is 15.4 Å². The highest BCUT2D eigenvalue weighted by molar-refractivity contribution is 7.80. The lowest BCUT2D eigenvalue weighted by Gasteiger charge is -2.31. The van der Waals surface area contributed by atoms with Crippen molar-refractivity contribution in [3.8, 4) is 0 Å². The molecule has 0 radical (unpaired) electrons. The Labute approximate surface area is 119 Å². The second-order valence-corrected chi connectivity index (χ2v) is 5.30. The molecule has 1 aromatic rings. The Hall–Kier alpha value is -1.27. The normalized spacial score (nSPS) is 16.1. The summed E-state index contributed by atoms with van der Waals surface area (Å²) >= 11 is 5.07. The van der Waals surface area contributed by atoms with Crippen molar-refractivity contribution in [2.75, 3.05) is 25.2 Å². The monoisotopic (exact) mass is 280 g/mol. The average Bonchev–Trinajstić information content (AvgIpc) is 3.23. The Morgan fingerprint density at radius 1 is 1.53 bits per heavy atom. The van der Waals surface area contributed by atoms with Crippen molar-refractivity contribution in [2.45, 2.75) is 25.8 Å². The fourth-order valence-electron chi connectivity index (χ4n) is 2.24. The van der Waals surface area contributed by atoms with E-state index < -0.39 is 0 Å². The van der Waals surface area contributed by atoms with Crippen molar-refractivity contribution in [2.24, 2.45) is 11.7 Å². The molecule has 0 aliphatic heterocycles. The summed E-state index contributed by atoms with van der Waals surface area (Å²) in [6.45, 7) is 3.62. The Bertz CT molecular complexity index is 450. The summed E-state index contributed by atoms with van der Waals surface area (Å²) in [5, 5.41) is 0. The molecule has 1 aliphatic carbocycles. The summed E-state index contributed by atoms with van der Waals surface area (Å²) < 4.78 is 5.19. The first-order chi connectivity index (χ1) is 9.15. The molecule has 2 rings (SSSR count). The largest absolute Gasteiger partial charge is 0.388 e. The van der Waals surface area contributed by atoms with Crippen molar-refractivity contribution in [3.05, 3.63) is 18.1 Å². The second-order valence-electron chi connectivity index (χ2n) is 4.86. The first-order valence-corrected chi connectivity index (χ1v) is 6.92. The lowest BCUT2D eigenvalue weighted by molar-refractivity contribution is 0.202. The van der Waals surface area contributed by atoms with Gasteiger partial charge in [-0.2, -0.15) is 0 Å². The van der Waals surface area contributed by atoms with E-state index in [0.717, 1.165) is 18.3 Å². The third kappa shape index (κ3) is 3.39. The fourth-order valence-corrected chi connectivity index (χ4v) is 2.38. The molecule has 0 amide bonds. The Morgan fingerprint density at radius 2 is 2.21 bits per heavy atom. The van der Waals surface area contributed by atoms with E-state index in [1.165, 1.54) is 12.8 Å². The second kappa shape index (κ2) is 6.25. The van der Waals surface area contributed by atoms with E-state index in [1.807, 2.05) is 0 Å². The molecule has 0 bridgehead atoms. The third-order valence-corrected chi connectivity index (χ3v) is 3.71. The summed E-state index contributed by atoms with van der Waals surface area (Å²) in [4.78, 5) is 11.2. The maximum atomic E-state index is 5.74. The Kier molecular flexibility index (Phi) is 4.66. The van der Waals surface area contributed by atoms with Crippen LogP contribution in [0.25, 0.3) is 0 Å². The molecule has 0 saturated heterocycles. The smallest absolute Gasteiger partial charge is 0.157 e. The van der Waals surface area contributed by atoms with E-state index in [1.54, 1.807) is 19.5 Å². The number of hydrogen-bond acceptors (Lipinski definition) is 5. The van der Waals surface area contributed by atoms with Crippen LogP contribution in [0.15, 0.2) is 12.4 Å². The van der Waals surface area contributed by atoms with E-state index in [2.05, 4.69) is 21.8 Å². The van der Waals surface area contributed by atoms with Gasteiger partial charge in [-0.3, -0.25) is 0 Å². The zero-order valence-electron chi connectivity index (χ0n) is 11.4. The molecular weight excluding hydrogens is 260 g/mol. The SMILES string of the molecule is COCCN(c1nccnc1C(N)=S)C(C)C1CC1. The summed E-state index contributed by atoms with van der Waals surface area (Å²) in [6.07, 6.45) is 5.84. The van der Waals surface area contributed by atoms with Crippen LogP contribution in [0.5, 0.6) is 0 Å². The molecule has 1 aromatic heterocycles. The number of nitrogens with two attached hydrogens (primary N) is 1. The van der Waals surface area contributed by atoms with E-state index in [4.69, 9.17) is 22.7 Å². The molecular formula is C13H20N4OS. The molecule has 0 spiro atoms. The molecule has 5 nitrogen and oxygen atoms in total. The number of hydrogen-bond donors (Lipinski definition) is 1. The van der Waals surface area contributed by atoms with E-state index in [-0.39, 0.29) is 4.99 Å². The quantitative estimate of drug-likeness (QED) is 0.761. The van der Waals surface area contributed by atoms with Crippen LogP contribution in [0, 0.1) is 5.92 Å². The van der Waals surface area contributed by atoms with Gasteiger partial charge in [-0.05, 0) is 25.7 Å². The highest BCUT2D eigenvalue weighted by atomic mass is 32.1. The average molecular weight is 280 g/mol. The molecule has 19 heavy (non-hydrogen) atoms. The number of anilines is 1. The standard InChI is InChI=1S/C13H20N4OS/c1-9(10-3-4-10)17(7-8-18-2)13-11(12(14)19)15-5-6-16-13/h5-6,9-10H,3-4,7-8H2,1-2H3,(H2,14,19). The molecule has 6 heteroatoms. The minimum absolute atomic E-state index is 0.286. The predicted octanol–water partition coefficient (Wildman–Crippen LogP) is 1.36. The van der Waals surface area contributed by atoms with Crippen LogP contribution in [-0.4, -0.2) is 41.3 Å². The van der Waals surface area contributed by atoms with Crippen LogP contribution in [0.2, 0.25) is 0 Å². The first kappa shape index (κ1) is 14.1. The van der Waals surface area contributed by atoms with Gasteiger partial charge in [-0.15, -0.1) is 0 Å². The van der Waals surface area contributed by atoms with Crippen molar-refractivity contribution in [1.82, 2.24) is 9.97 Å². The van der Waals surface area contributed by atoms with Crippen molar-refractivity contribution in [1.29, 1.82) is 0 Å². The van der Waals surface area contributed by atoms with Crippen LogP contribution in [0.3, 0.4) is 0 Å². The molecule has 1 heterocycles. The molecule has 0 aromatic carbocycles. The number of aromatic nitrogens is 2. The lowest BCUT2D eigenvalue weighted by Crippen LogP contribution is -2.39. The maximum Gasteiger partial charge on any atom is 0.157 e. The fraction of sp³-hybridized carbons (Fsp3) is 0.615. The van der Waals surface area contributed by atoms with Gasteiger partial charge in [0.25, 0.3) is 0 Å². The predicted molar refractivity (Wildman–Crippen MR) is 79.3 cm³/mol. The number of methoxy groups -OCH3 is 1. The highest BCUT2D eigenvalue weighted by Gasteiger charge is 2.33. The van der Waals surface area contributed by atoms with Gasteiger partial charge in [-0.25, -0.2) is 9.97 Å². The lowest BCUT2D eigenvalue weighted by atomic mass is 10.1. The summed E-state index contributed by atoms with van der Waals surface area (Å²) in [6, 6.07) is 0.403. The summed E-state index contributed by atoms with van der Waals surface area (Å²) in [5.41, 5.74) is 6.34. The van der Waals surface area contributed by atoms with E-state index >= 15 is 0 Å². The maximum absolute atomic E-state index is 5.74. The van der Waals surface area contributed by atoms with Crippen LogP contribution < -0.4 is 10.6 Å². The molecule has 2 N–H and O–H groups in total. The number of nitrogens with zero attached hydrogens (tertiary/aromatic N) is 3. The van der Waals surface area contributed by atoms with Gasteiger partial charge in [0.2, 0.25) is 0 Å². The topological polar surface area (TPSA) is 64.3 Å². The zero-order chi connectivity index (χ0) is 13.8. The molecule has 104 valence electrons. The van der Waals surface area contributed by atoms with Gasteiger partial charge in [0, 0.05) is 32.1 Å². The van der Waals surface area contributed by atoms with Gasteiger partial charge in [0.1, 0.15) is 10.7 Å². The Balaban J connectivity index is 2.28. The molecule has 1 aliphatic rings. The van der Waals surface area contributed by atoms with E-state index in [0.29, 0.717) is 18.3 Å². The molecule has 1 atom stereocenters. The first-order valence-electron chi connectivity index (χ1n) is 6.51. The van der Waals surface area contributed by atoms with Crippen LogP contribution in [0.1, 0.15) is 25.5 Å². The number of ether oxygens (including phenoxy) is 1. The van der Waals surface area contributed by atoms with E-state index in [9.17, 15) is 0 Å². The molecule has 1 saturated carbocycles. The van der Waals surface area contributed by atoms with Gasteiger partial charge >= 0.3 is 0 Å². The van der Waals surface area contributed by atoms with Gasteiger partial charge in [0.05, 0.1) is 6.61 Å². The molecule has 1 fully saturated rings. The van der Waals surface area contributed by atoms with Crippen LogP contribution >= 0.6 is 12.2 Å². The van der Waals surface area contributed by atoms with Gasteiger partial charge in [0.15, 0.2) is 5.82 Å². The highest BCUT2D eigenvalue weighted by Crippen LogP contribution is 2.36.